The van der Waals surface area contributed by atoms with Gasteiger partial charge in [0, 0.05) is 32.9 Å². The van der Waals surface area contributed by atoms with Crippen LogP contribution < -0.4 is 0 Å². The van der Waals surface area contributed by atoms with E-state index >= 15 is 0 Å². The van der Waals surface area contributed by atoms with Gasteiger partial charge in [0.15, 0.2) is 24.1 Å². The molecule has 3 heterocycles. The second-order valence-corrected chi connectivity index (χ2v) is 13.4. The number of cyclic esters (lactones) is 1. The third-order valence-electron chi connectivity index (χ3n) is 10.4. The molecule has 2 aliphatic carbocycles. The molecule has 1 saturated heterocycles. The van der Waals surface area contributed by atoms with Gasteiger partial charge in [-0.05, 0) is 26.0 Å². The third kappa shape index (κ3) is 4.82. The van der Waals surface area contributed by atoms with E-state index in [-0.39, 0.29) is 11.3 Å². The lowest BCUT2D eigenvalue weighted by Gasteiger charge is -2.66. The van der Waals surface area contributed by atoms with Crippen molar-refractivity contribution in [3.63, 3.8) is 0 Å². The molecule has 4 aliphatic rings. The lowest BCUT2D eigenvalue weighted by atomic mass is 9.45. The van der Waals surface area contributed by atoms with E-state index in [1.54, 1.807) is 6.92 Å². The number of pyridine rings is 1. The minimum absolute atomic E-state index is 0.0151. The monoisotopic (exact) mass is 677 g/mol. The highest BCUT2D eigenvalue weighted by Crippen LogP contribution is 2.67. The van der Waals surface area contributed by atoms with Gasteiger partial charge in [0.2, 0.25) is 0 Å². The Morgan fingerprint density at radius 1 is 0.979 bits per heavy atom. The molecule has 5 rings (SSSR count). The average Bonchev–Trinajstić information content (AvgIpc) is 3.21. The van der Waals surface area contributed by atoms with Crippen LogP contribution in [0.2, 0.25) is 0 Å². The van der Waals surface area contributed by atoms with Crippen molar-refractivity contribution in [2.75, 3.05) is 13.2 Å². The number of aliphatic hydroxyl groups is 3. The van der Waals surface area contributed by atoms with E-state index in [1.165, 1.54) is 32.2 Å². The predicted molar refractivity (Wildman–Crippen MR) is 156 cm³/mol. The molecule has 1 aromatic heterocycles. The molecule has 16 heteroatoms. The maximum absolute atomic E-state index is 14.5. The first-order valence-corrected chi connectivity index (χ1v) is 15.4. The number of rotatable bonds is 4. The molecule has 12 atom stereocenters. The van der Waals surface area contributed by atoms with E-state index in [2.05, 4.69) is 4.98 Å². The molecule has 1 spiro atoms. The standard InChI is InChI=1S/C32H39NO15/c1-13-14(2)27(40)47-26-22(45-16(4)35)24(39)31(12-43-15(3)34)25(46-17(5)36)21(37)19-23(38)32(31,30(26,7)42)48-29(19,6)11-44-28(41)18-9-8-10-33-20(13)18/h8-10,13-14,19,22-26,38-39,42H,11-12H2,1-7H3/t13-,14-,19+,22+,23+,24-,25+,26-,29-,30-,31-,32-/m0/s1. The van der Waals surface area contributed by atoms with Crippen LogP contribution in [0.15, 0.2) is 18.3 Å². The molecule has 0 aromatic carbocycles. The summed E-state index contributed by atoms with van der Waals surface area (Å²) in [6.07, 6.45) is -9.13. The molecule has 0 amide bonds. The lowest BCUT2D eigenvalue weighted by molar-refractivity contribution is -0.376. The van der Waals surface area contributed by atoms with Gasteiger partial charge in [-0.2, -0.15) is 0 Å². The number of ketones is 1. The van der Waals surface area contributed by atoms with Gasteiger partial charge in [0.05, 0.1) is 29.2 Å². The van der Waals surface area contributed by atoms with Crippen molar-refractivity contribution in [1.29, 1.82) is 0 Å². The number of nitrogens with zero attached hydrogens (tertiary/aromatic N) is 1. The molecular weight excluding hydrogens is 638 g/mol. The molecule has 1 aromatic rings. The van der Waals surface area contributed by atoms with Crippen LogP contribution in [0.5, 0.6) is 0 Å². The quantitative estimate of drug-likeness (QED) is 0.270. The van der Waals surface area contributed by atoms with E-state index < -0.39 is 119 Å². The molecule has 48 heavy (non-hydrogen) atoms. The molecule has 0 radical (unpaired) electrons. The summed E-state index contributed by atoms with van der Waals surface area (Å²) in [5.74, 6) is -9.55. The zero-order valence-electron chi connectivity index (χ0n) is 27.5. The highest BCUT2D eigenvalue weighted by molar-refractivity contribution is 5.94. The normalized spacial score (nSPS) is 42.1. The molecular formula is C32H39NO15. The highest BCUT2D eigenvalue weighted by Gasteiger charge is 2.89. The van der Waals surface area contributed by atoms with Crippen LogP contribution in [-0.4, -0.2) is 116 Å². The number of aliphatic hydroxyl groups excluding tert-OH is 2. The maximum Gasteiger partial charge on any atom is 0.340 e. The zero-order valence-corrected chi connectivity index (χ0v) is 27.5. The summed E-state index contributed by atoms with van der Waals surface area (Å²) in [5.41, 5.74) is -9.91. The van der Waals surface area contributed by atoms with Crippen molar-refractivity contribution >= 4 is 35.6 Å². The number of ether oxygens (including phenoxy) is 6. The van der Waals surface area contributed by atoms with Crippen LogP contribution in [0.4, 0.5) is 0 Å². The predicted octanol–water partition coefficient (Wildman–Crippen LogP) is -0.471. The van der Waals surface area contributed by atoms with Crippen molar-refractivity contribution in [3.8, 4) is 0 Å². The maximum atomic E-state index is 14.5. The number of carbonyl (C=O) groups is 6. The Morgan fingerprint density at radius 3 is 2.23 bits per heavy atom. The van der Waals surface area contributed by atoms with Gasteiger partial charge in [-0.25, -0.2) is 4.79 Å². The Balaban J connectivity index is 1.85. The lowest BCUT2D eigenvalue weighted by Crippen LogP contribution is -2.88. The van der Waals surface area contributed by atoms with Gasteiger partial charge in [0.1, 0.15) is 41.5 Å². The Bertz CT molecular complexity index is 1560. The van der Waals surface area contributed by atoms with Crippen molar-refractivity contribution in [2.24, 2.45) is 17.3 Å². The van der Waals surface area contributed by atoms with Gasteiger partial charge in [-0.15, -0.1) is 0 Å². The van der Waals surface area contributed by atoms with Gasteiger partial charge >= 0.3 is 29.8 Å². The smallest absolute Gasteiger partial charge is 0.340 e. The molecule has 3 N–H and O–H groups in total. The largest absolute Gasteiger partial charge is 0.465 e. The van der Waals surface area contributed by atoms with Gasteiger partial charge in [-0.3, -0.25) is 29.0 Å². The summed E-state index contributed by atoms with van der Waals surface area (Å²) in [6.45, 7) is 6.60. The third-order valence-corrected chi connectivity index (χ3v) is 10.4. The molecule has 262 valence electrons. The van der Waals surface area contributed by atoms with Crippen LogP contribution in [0.1, 0.15) is 70.4 Å². The number of hydrogen-bond donors (Lipinski definition) is 3. The summed E-state index contributed by atoms with van der Waals surface area (Å²) >= 11 is 0. The SMILES string of the molecule is CC(=O)OC[C@]12[C@H](OC(C)=O)C(=O)[C@@H]3[C@@H](O)[C@@]14O[C@@]3(C)COC(=O)c1cccnc1[C@@H](C)[C@H](C)C(=O)O[C@@H]([C@H](OC(C)=O)[C@@H]2O)[C@]4(C)O. The van der Waals surface area contributed by atoms with E-state index in [0.29, 0.717) is 0 Å². The molecule has 0 unspecified atom stereocenters. The molecule has 4 bridgehead atoms. The second kappa shape index (κ2) is 11.9. The summed E-state index contributed by atoms with van der Waals surface area (Å²) in [5, 5.41) is 37.2. The Labute approximate surface area is 275 Å². The first-order chi connectivity index (χ1) is 22.3. The molecule has 2 saturated carbocycles. The minimum Gasteiger partial charge on any atom is -0.465 e. The van der Waals surface area contributed by atoms with Gasteiger partial charge in [-0.1, -0.05) is 13.8 Å². The average molecular weight is 678 g/mol. The number of fused-ring (bicyclic) bond motifs is 5. The van der Waals surface area contributed by atoms with Crippen molar-refractivity contribution in [3.05, 3.63) is 29.6 Å². The van der Waals surface area contributed by atoms with E-state index in [1.807, 2.05) is 0 Å². The van der Waals surface area contributed by atoms with Gasteiger partial charge < -0.3 is 43.7 Å². The Kier molecular flexibility index (Phi) is 8.73. The number of aromatic nitrogens is 1. The minimum atomic E-state index is -2.73. The zero-order chi connectivity index (χ0) is 35.7. The highest BCUT2D eigenvalue weighted by atomic mass is 16.6. The number of Topliss-reactive ketones (excluding diaryl/α,β-unsaturated/α-hetero) is 1. The van der Waals surface area contributed by atoms with E-state index in [9.17, 15) is 44.1 Å². The van der Waals surface area contributed by atoms with Crippen molar-refractivity contribution in [1.82, 2.24) is 4.98 Å². The summed E-state index contributed by atoms with van der Waals surface area (Å²) < 4.78 is 34.4. The fourth-order valence-corrected chi connectivity index (χ4v) is 8.09. The molecule has 2 aliphatic heterocycles. The van der Waals surface area contributed by atoms with Gasteiger partial charge in [0.25, 0.3) is 0 Å². The Hall–Kier alpha value is -3.99. The van der Waals surface area contributed by atoms with Crippen LogP contribution in [0.25, 0.3) is 0 Å². The summed E-state index contributed by atoms with van der Waals surface area (Å²) in [7, 11) is 0. The van der Waals surface area contributed by atoms with Crippen LogP contribution in [-0.2, 0) is 52.4 Å². The number of carbonyl (C=O) groups excluding carboxylic acids is 6. The van der Waals surface area contributed by atoms with Crippen molar-refractivity contribution in [2.45, 2.75) is 102 Å². The van der Waals surface area contributed by atoms with E-state index in [4.69, 9.17) is 28.4 Å². The van der Waals surface area contributed by atoms with E-state index in [0.717, 1.165) is 27.7 Å². The topological polar surface area (TPSA) is 231 Å². The van der Waals surface area contributed by atoms with Crippen LogP contribution >= 0.6 is 0 Å². The fourth-order valence-electron chi connectivity index (χ4n) is 8.09. The Morgan fingerprint density at radius 2 is 1.62 bits per heavy atom. The van der Waals surface area contributed by atoms with Crippen LogP contribution in [0, 0.1) is 17.3 Å². The second-order valence-electron chi connectivity index (χ2n) is 13.4. The first-order valence-electron chi connectivity index (χ1n) is 15.4. The summed E-state index contributed by atoms with van der Waals surface area (Å²) in [6, 6.07) is 2.90. The first kappa shape index (κ1) is 35.3. The van der Waals surface area contributed by atoms with Crippen LogP contribution in [0.3, 0.4) is 0 Å². The van der Waals surface area contributed by atoms with Crippen molar-refractivity contribution < 1.29 is 72.5 Å². The molecule has 3 fully saturated rings. The molecule has 16 nitrogen and oxygen atoms in total. The summed E-state index contributed by atoms with van der Waals surface area (Å²) in [4.78, 5) is 83.5. The number of esters is 5. The number of hydrogen-bond acceptors (Lipinski definition) is 16. The fraction of sp³-hybridized carbons (Fsp3) is 0.656.